The van der Waals surface area contributed by atoms with Crippen LogP contribution in [0.2, 0.25) is 0 Å². The number of rotatable bonds is 10. The predicted octanol–water partition coefficient (Wildman–Crippen LogP) is 6.97. The van der Waals surface area contributed by atoms with E-state index < -0.39 is 17.8 Å². The van der Waals surface area contributed by atoms with Crippen LogP contribution in [0.1, 0.15) is 105 Å². The standard InChI is InChI=1S/C30H50O3S/c1-6-14-30(33,15-7-2)17-18-34-22(4)26-12-13-27-23(9-8-16-29(26,27)5)10-11-24-19-25(31)20-28(32)21(24)3/h10-11,22,25-28,31-33H,3,6-9,12-20H2,1-2,4-5H3/t22-,25-,26-,27+,28+,29-/m1/s1. The highest BCUT2D eigenvalue weighted by atomic mass is 32.2. The van der Waals surface area contributed by atoms with Crippen molar-refractivity contribution in [1.82, 2.24) is 0 Å². The number of hydrogen-bond donors (Lipinski definition) is 3. The number of aliphatic hydroxyl groups is 3. The van der Waals surface area contributed by atoms with E-state index in [0.29, 0.717) is 29.4 Å². The number of hydrogen-bond acceptors (Lipinski definition) is 4. The summed E-state index contributed by atoms with van der Waals surface area (Å²) < 4.78 is 0. The molecule has 0 amide bonds. The molecule has 3 rings (SSSR count). The molecule has 0 aromatic rings. The fourth-order valence-corrected chi connectivity index (χ4v) is 8.92. The van der Waals surface area contributed by atoms with Gasteiger partial charge in [-0.15, -0.1) is 0 Å². The number of thioether (sulfide) groups is 1. The quantitative estimate of drug-likeness (QED) is 0.309. The SMILES string of the molecule is C=C1C(=CC=C2CCC[C@]3(C)[C@@H]([C@@H](C)SCCC(O)(CCC)CCC)CC[C@@H]23)C[C@@H](O)C[C@@H]1O. The molecule has 0 aromatic heterocycles. The van der Waals surface area contributed by atoms with E-state index in [4.69, 9.17) is 0 Å². The second kappa shape index (κ2) is 12.1. The van der Waals surface area contributed by atoms with E-state index >= 15 is 0 Å². The molecule has 0 saturated heterocycles. The van der Waals surface area contributed by atoms with Crippen molar-refractivity contribution in [3.8, 4) is 0 Å². The number of fused-ring (bicyclic) bond motifs is 1. The van der Waals surface area contributed by atoms with Crippen molar-refractivity contribution in [2.24, 2.45) is 17.3 Å². The lowest BCUT2D eigenvalue weighted by atomic mass is 9.63. The molecule has 3 saturated carbocycles. The van der Waals surface area contributed by atoms with Gasteiger partial charge in [0.25, 0.3) is 0 Å². The molecule has 3 nitrogen and oxygen atoms in total. The molecule has 3 aliphatic carbocycles. The molecule has 0 bridgehead atoms. The summed E-state index contributed by atoms with van der Waals surface area (Å²) in [6.45, 7) is 13.4. The Morgan fingerprint density at radius 2 is 1.85 bits per heavy atom. The molecule has 0 unspecified atom stereocenters. The summed E-state index contributed by atoms with van der Waals surface area (Å²) >= 11 is 2.09. The lowest BCUT2D eigenvalue weighted by molar-refractivity contribution is 0.0187. The Bertz CT molecular complexity index is 750. The van der Waals surface area contributed by atoms with E-state index in [1.165, 1.54) is 25.7 Å². The van der Waals surface area contributed by atoms with Crippen molar-refractivity contribution in [2.45, 2.75) is 128 Å². The van der Waals surface area contributed by atoms with Gasteiger partial charge in [0.1, 0.15) is 0 Å². The summed E-state index contributed by atoms with van der Waals surface area (Å²) in [4.78, 5) is 0. The van der Waals surface area contributed by atoms with Gasteiger partial charge in [-0.1, -0.05) is 64.8 Å². The Kier molecular flexibility index (Phi) is 10.00. The molecule has 34 heavy (non-hydrogen) atoms. The molecular weight excluding hydrogens is 440 g/mol. The van der Waals surface area contributed by atoms with Crippen molar-refractivity contribution in [3.63, 3.8) is 0 Å². The van der Waals surface area contributed by atoms with Crippen molar-refractivity contribution in [2.75, 3.05) is 5.75 Å². The van der Waals surface area contributed by atoms with Gasteiger partial charge in [0.05, 0.1) is 17.8 Å². The van der Waals surface area contributed by atoms with Gasteiger partial charge in [-0.05, 0) is 91.9 Å². The summed E-state index contributed by atoms with van der Waals surface area (Å²) in [7, 11) is 0. The molecule has 194 valence electrons. The largest absolute Gasteiger partial charge is 0.393 e. The summed E-state index contributed by atoms with van der Waals surface area (Å²) in [6.07, 6.45) is 15.5. The van der Waals surface area contributed by atoms with Gasteiger partial charge in [0, 0.05) is 11.7 Å². The minimum Gasteiger partial charge on any atom is -0.393 e. The van der Waals surface area contributed by atoms with Crippen LogP contribution in [0.25, 0.3) is 0 Å². The molecule has 4 heteroatoms. The van der Waals surface area contributed by atoms with Crippen LogP contribution in [-0.4, -0.2) is 44.1 Å². The van der Waals surface area contributed by atoms with Crippen molar-refractivity contribution >= 4 is 11.8 Å². The van der Waals surface area contributed by atoms with E-state index in [2.05, 4.69) is 58.2 Å². The van der Waals surface area contributed by atoms with Crippen LogP contribution < -0.4 is 0 Å². The fraction of sp³-hybridized carbons (Fsp3) is 0.800. The maximum Gasteiger partial charge on any atom is 0.0811 e. The lowest BCUT2D eigenvalue weighted by Crippen LogP contribution is -2.37. The van der Waals surface area contributed by atoms with E-state index in [1.807, 2.05) is 0 Å². The summed E-state index contributed by atoms with van der Waals surface area (Å²) in [6, 6.07) is 0. The Labute approximate surface area is 213 Å². The van der Waals surface area contributed by atoms with Gasteiger partial charge in [-0.2, -0.15) is 11.8 Å². The minimum absolute atomic E-state index is 0.348. The van der Waals surface area contributed by atoms with E-state index in [9.17, 15) is 15.3 Å². The number of allylic oxidation sites excluding steroid dienone is 3. The van der Waals surface area contributed by atoms with Gasteiger partial charge in [-0.25, -0.2) is 0 Å². The third kappa shape index (κ3) is 6.41. The average molecular weight is 491 g/mol. The van der Waals surface area contributed by atoms with Crippen molar-refractivity contribution in [1.29, 1.82) is 0 Å². The fourth-order valence-electron chi connectivity index (χ4n) is 7.37. The van der Waals surface area contributed by atoms with Crippen LogP contribution in [0.5, 0.6) is 0 Å². The molecule has 3 fully saturated rings. The second-order valence-corrected chi connectivity index (χ2v) is 13.2. The highest BCUT2D eigenvalue weighted by Crippen LogP contribution is 2.59. The Morgan fingerprint density at radius 1 is 1.15 bits per heavy atom. The minimum atomic E-state index is -0.619. The van der Waals surface area contributed by atoms with E-state index in [0.717, 1.165) is 61.3 Å². The molecule has 0 radical (unpaired) electrons. The van der Waals surface area contributed by atoms with E-state index in [-0.39, 0.29) is 0 Å². The predicted molar refractivity (Wildman–Crippen MR) is 146 cm³/mol. The lowest BCUT2D eigenvalue weighted by Gasteiger charge is -2.44. The normalized spacial score (nSPS) is 35.7. The molecule has 0 aliphatic heterocycles. The van der Waals surface area contributed by atoms with Crippen LogP contribution in [0.15, 0.2) is 35.5 Å². The van der Waals surface area contributed by atoms with Crippen molar-refractivity contribution in [3.05, 3.63) is 35.5 Å². The molecule has 0 aromatic carbocycles. The van der Waals surface area contributed by atoms with Gasteiger partial charge >= 0.3 is 0 Å². The van der Waals surface area contributed by atoms with Crippen molar-refractivity contribution < 1.29 is 15.3 Å². The summed E-state index contributed by atoms with van der Waals surface area (Å²) in [5.41, 5.74) is 3.22. The zero-order valence-corrected chi connectivity index (χ0v) is 23.0. The second-order valence-electron chi connectivity index (χ2n) is 11.7. The maximum atomic E-state index is 11.0. The van der Waals surface area contributed by atoms with Crippen LogP contribution in [-0.2, 0) is 0 Å². The Hall–Kier alpha value is -0.550. The number of aliphatic hydroxyl groups excluding tert-OH is 2. The zero-order valence-electron chi connectivity index (χ0n) is 22.2. The highest BCUT2D eigenvalue weighted by molar-refractivity contribution is 7.99. The average Bonchev–Trinajstić information content (AvgIpc) is 3.13. The molecule has 3 N–H and O–H groups in total. The van der Waals surface area contributed by atoms with Gasteiger partial charge in [0.2, 0.25) is 0 Å². The van der Waals surface area contributed by atoms with E-state index in [1.54, 1.807) is 5.57 Å². The maximum absolute atomic E-state index is 11.0. The summed E-state index contributed by atoms with van der Waals surface area (Å²) in [5, 5.41) is 31.9. The molecule has 0 heterocycles. The van der Waals surface area contributed by atoms with Crippen LogP contribution in [0.3, 0.4) is 0 Å². The van der Waals surface area contributed by atoms with Crippen LogP contribution in [0.4, 0.5) is 0 Å². The first-order valence-electron chi connectivity index (χ1n) is 13.9. The Balaban J connectivity index is 1.65. The first-order valence-corrected chi connectivity index (χ1v) is 15.0. The third-order valence-electron chi connectivity index (χ3n) is 9.25. The van der Waals surface area contributed by atoms with Gasteiger partial charge in [0.15, 0.2) is 0 Å². The third-order valence-corrected chi connectivity index (χ3v) is 10.5. The van der Waals surface area contributed by atoms with Crippen LogP contribution in [0, 0.1) is 17.3 Å². The Morgan fingerprint density at radius 3 is 2.53 bits per heavy atom. The molecule has 0 spiro atoms. The topological polar surface area (TPSA) is 60.7 Å². The zero-order chi connectivity index (χ0) is 24.9. The first kappa shape index (κ1) is 28.0. The monoisotopic (exact) mass is 490 g/mol. The van der Waals surface area contributed by atoms with Gasteiger partial charge in [-0.3, -0.25) is 0 Å². The van der Waals surface area contributed by atoms with Crippen LogP contribution >= 0.6 is 11.8 Å². The molecule has 6 atom stereocenters. The highest BCUT2D eigenvalue weighted by Gasteiger charge is 2.50. The first-order chi connectivity index (χ1) is 16.1. The molecular formula is C30H50O3S. The van der Waals surface area contributed by atoms with Gasteiger partial charge < -0.3 is 15.3 Å². The molecule has 3 aliphatic rings. The smallest absolute Gasteiger partial charge is 0.0811 e. The summed E-state index contributed by atoms with van der Waals surface area (Å²) in [5.74, 6) is 2.41.